The van der Waals surface area contributed by atoms with Crippen LogP contribution in [0.15, 0.2) is 23.3 Å². The third-order valence-electron chi connectivity index (χ3n) is 4.97. The van der Waals surface area contributed by atoms with E-state index >= 15 is 0 Å². The van der Waals surface area contributed by atoms with E-state index in [-0.39, 0.29) is 43.0 Å². The number of carbonyl (C=O) groups excluding carboxylic acids is 2. The van der Waals surface area contributed by atoms with Crippen molar-refractivity contribution >= 4 is 29.1 Å². The summed E-state index contributed by atoms with van der Waals surface area (Å²) in [6.07, 6.45) is 0.529. The molecule has 0 saturated carbocycles. The molecule has 9 heteroatoms. The van der Waals surface area contributed by atoms with Crippen molar-refractivity contribution in [3.63, 3.8) is 0 Å². The number of nitrogens with one attached hydrogen (secondary N) is 1. The van der Waals surface area contributed by atoms with Gasteiger partial charge in [-0.1, -0.05) is 17.7 Å². The lowest BCUT2D eigenvalue weighted by atomic mass is 10.0. The first-order chi connectivity index (χ1) is 13.4. The van der Waals surface area contributed by atoms with Crippen molar-refractivity contribution in [3.05, 3.63) is 34.6 Å². The zero-order valence-electron chi connectivity index (χ0n) is 16.0. The monoisotopic (exact) mass is 410 g/mol. The average molecular weight is 411 g/mol. The van der Waals surface area contributed by atoms with Gasteiger partial charge in [0.1, 0.15) is 11.5 Å². The number of rotatable bonds is 5. The molecule has 1 N–H and O–H groups in total. The first-order valence-corrected chi connectivity index (χ1v) is 9.66. The van der Waals surface area contributed by atoms with E-state index in [4.69, 9.17) is 16.3 Å². The zero-order chi connectivity index (χ0) is 20.3. The first kappa shape index (κ1) is 20.7. The fraction of sp³-hybridized carbons (Fsp3) is 0.526. The van der Waals surface area contributed by atoms with Crippen LogP contribution >= 0.6 is 11.6 Å². The molecule has 0 radical (unpaired) electrons. The molecule has 2 unspecified atom stereocenters. The Labute approximate surface area is 168 Å². The molecule has 2 heterocycles. The molecule has 7 nitrogen and oxygen atoms in total. The van der Waals surface area contributed by atoms with Crippen LogP contribution in [0.2, 0.25) is 5.02 Å². The first-order valence-electron chi connectivity index (χ1n) is 9.28. The van der Waals surface area contributed by atoms with E-state index in [1.54, 1.807) is 12.1 Å². The number of morpholine rings is 1. The van der Waals surface area contributed by atoms with E-state index in [1.165, 1.54) is 18.1 Å². The Morgan fingerprint density at radius 1 is 1.46 bits per heavy atom. The number of ether oxygens (including phenoxy) is 1. The van der Waals surface area contributed by atoms with Crippen molar-refractivity contribution in [1.29, 1.82) is 0 Å². The number of amides is 2. The number of nitrogens with zero attached hydrogens (tertiary/aromatic N) is 3. The Balaban J connectivity index is 1.79. The minimum atomic E-state index is -0.437. The highest BCUT2D eigenvalue weighted by Gasteiger charge is 2.30. The summed E-state index contributed by atoms with van der Waals surface area (Å²) >= 11 is 6.30. The van der Waals surface area contributed by atoms with Gasteiger partial charge in [-0.2, -0.15) is 5.10 Å². The van der Waals surface area contributed by atoms with Gasteiger partial charge in [-0.05, 0) is 19.1 Å². The van der Waals surface area contributed by atoms with Crippen LogP contribution in [-0.4, -0.2) is 66.8 Å². The summed E-state index contributed by atoms with van der Waals surface area (Å²) < 4.78 is 20.2. The van der Waals surface area contributed by atoms with Crippen molar-refractivity contribution in [1.82, 2.24) is 15.2 Å². The molecular weight excluding hydrogens is 387 g/mol. The fourth-order valence-corrected chi connectivity index (χ4v) is 3.78. The van der Waals surface area contributed by atoms with E-state index in [9.17, 15) is 14.0 Å². The van der Waals surface area contributed by atoms with Gasteiger partial charge in [0.25, 0.3) is 5.91 Å². The molecule has 3 rings (SSSR count). The SMILES string of the molecule is CC1CN(C(CNC(=O)C2=NN(C)C(=O)CC2)c2c(F)cccc2Cl)CCO1. The third-order valence-corrected chi connectivity index (χ3v) is 5.30. The number of hydrogen-bond acceptors (Lipinski definition) is 5. The minimum Gasteiger partial charge on any atom is -0.376 e. The summed E-state index contributed by atoms with van der Waals surface area (Å²) in [6, 6.07) is 4.13. The number of halogens is 2. The standard InChI is InChI=1S/C19H24ClFN4O3/c1-12-11-25(8-9-28-12)16(18-13(20)4-3-5-14(18)21)10-22-19(27)15-6-7-17(26)24(2)23-15/h3-5,12,16H,6-11H2,1-2H3,(H,22,27). The highest BCUT2D eigenvalue weighted by atomic mass is 35.5. The Hall–Kier alpha value is -2.03. The molecule has 2 atom stereocenters. The van der Waals surface area contributed by atoms with Gasteiger partial charge < -0.3 is 10.1 Å². The molecule has 0 spiro atoms. The molecule has 0 bridgehead atoms. The van der Waals surface area contributed by atoms with E-state index in [0.717, 1.165) is 0 Å². The third kappa shape index (κ3) is 4.68. The molecule has 28 heavy (non-hydrogen) atoms. The molecule has 2 aliphatic heterocycles. The van der Waals surface area contributed by atoms with E-state index in [2.05, 4.69) is 15.3 Å². The predicted octanol–water partition coefficient (Wildman–Crippen LogP) is 1.97. The average Bonchev–Trinajstić information content (AvgIpc) is 2.66. The molecule has 1 aromatic rings. The Bertz CT molecular complexity index is 768. The normalized spacial score (nSPS) is 22.0. The molecule has 0 aliphatic carbocycles. The van der Waals surface area contributed by atoms with Crippen LogP contribution in [0.25, 0.3) is 0 Å². The molecule has 1 fully saturated rings. The molecule has 2 aliphatic rings. The van der Waals surface area contributed by atoms with E-state index < -0.39 is 11.9 Å². The zero-order valence-corrected chi connectivity index (χ0v) is 16.7. The summed E-state index contributed by atoms with van der Waals surface area (Å²) in [6.45, 7) is 3.85. The van der Waals surface area contributed by atoms with Crippen LogP contribution in [0.5, 0.6) is 0 Å². The van der Waals surface area contributed by atoms with Crippen LogP contribution in [0.1, 0.15) is 31.4 Å². The highest BCUT2D eigenvalue weighted by molar-refractivity contribution is 6.39. The topological polar surface area (TPSA) is 74.2 Å². The maximum Gasteiger partial charge on any atom is 0.267 e. The van der Waals surface area contributed by atoms with Gasteiger partial charge in [-0.3, -0.25) is 14.5 Å². The van der Waals surface area contributed by atoms with Crippen LogP contribution in [0.4, 0.5) is 4.39 Å². The quantitative estimate of drug-likeness (QED) is 0.805. The van der Waals surface area contributed by atoms with Crippen LogP contribution in [0, 0.1) is 5.82 Å². The maximum atomic E-state index is 14.6. The number of hydrazone groups is 1. The molecule has 152 valence electrons. The largest absolute Gasteiger partial charge is 0.376 e. The summed E-state index contributed by atoms with van der Waals surface area (Å²) in [7, 11) is 1.52. The Kier molecular flexibility index (Phi) is 6.64. The predicted molar refractivity (Wildman–Crippen MR) is 104 cm³/mol. The van der Waals surface area contributed by atoms with E-state index in [1.807, 2.05) is 6.92 Å². The number of carbonyl (C=O) groups is 2. The summed E-state index contributed by atoms with van der Waals surface area (Å²) in [5.41, 5.74) is 0.646. The van der Waals surface area contributed by atoms with Gasteiger partial charge in [0.05, 0.1) is 18.8 Å². The van der Waals surface area contributed by atoms with Gasteiger partial charge in [-0.15, -0.1) is 0 Å². The molecule has 2 amide bonds. The lowest BCUT2D eigenvalue weighted by molar-refractivity contribution is -0.130. The minimum absolute atomic E-state index is 0.000109. The van der Waals surface area contributed by atoms with Crippen molar-refractivity contribution < 1.29 is 18.7 Å². The molecular formula is C19H24ClFN4O3. The fourth-order valence-electron chi connectivity index (χ4n) is 3.50. The lowest BCUT2D eigenvalue weighted by Gasteiger charge is -2.38. The van der Waals surface area contributed by atoms with Gasteiger partial charge in [0.15, 0.2) is 0 Å². The summed E-state index contributed by atoms with van der Waals surface area (Å²) in [4.78, 5) is 26.2. The van der Waals surface area contributed by atoms with Crippen LogP contribution < -0.4 is 5.32 Å². The highest BCUT2D eigenvalue weighted by Crippen LogP contribution is 2.31. The molecule has 1 aromatic carbocycles. The maximum absolute atomic E-state index is 14.6. The van der Waals surface area contributed by atoms with Crippen molar-refractivity contribution in [3.8, 4) is 0 Å². The summed E-state index contributed by atoms with van der Waals surface area (Å²) in [5, 5.41) is 8.36. The Morgan fingerprint density at radius 2 is 2.25 bits per heavy atom. The van der Waals surface area contributed by atoms with Gasteiger partial charge in [0.2, 0.25) is 5.91 Å². The molecule has 0 aromatic heterocycles. The smallest absolute Gasteiger partial charge is 0.267 e. The second-order valence-corrected chi connectivity index (χ2v) is 7.41. The van der Waals surface area contributed by atoms with Crippen molar-refractivity contribution in [2.45, 2.75) is 31.9 Å². The van der Waals surface area contributed by atoms with E-state index in [0.29, 0.717) is 30.3 Å². The van der Waals surface area contributed by atoms with Gasteiger partial charge >= 0.3 is 0 Å². The van der Waals surface area contributed by atoms with Crippen LogP contribution in [-0.2, 0) is 14.3 Å². The number of hydrogen-bond donors (Lipinski definition) is 1. The Morgan fingerprint density at radius 3 is 2.93 bits per heavy atom. The second kappa shape index (κ2) is 8.98. The van der Waals surface area contributed by atoms with Crippen molar-refractivity contribution in [2.24, 2.45) is 5.10 Å². The van der Waals surface area contributed by atoms with Crippen LogP contribution in [0.3, 0.4) is 0 Å². The van der Waals surface area contributed by atoms with Gasteiger partial charge in [0, 0.05) is 50.1 Å². The lowest BCUT2D eigenvalue weighted by Crippen LogP contribution is -2.48. The summed E-state index contributed by atoms with van der Waals surface area (Å²) in [5.74, 6) is -0.904. The van der Waals surface area contributed by atoms with Gasteiger partial charge in [-0.25, -0.2) is 9.40 Å². The molecule has 1 saturated heterocycles. The number of benzene rings is 1. The second-order valence-electron chi connectivity index (χ2n) is 7.00. The van der Waals surface area contributed by atoms with Crippen molar-refractivity contribution in [2.75, 3.05) is 33.3 Å².